The molecule has 1 atom stereocenters. The van der Waals surface area contributed by atoms with E-state index in [-0.39, 0.29) is 24.5 Å². The van der Waals surface area contributed by atoms with E-state index in [1.165, 1.54) is 19.2 Å². The molecule has 126 valence electrons. The minimum absolute atomic E-state index is 0.0957. The molecule has 2 aromatic rings. The zero-order valence-corrected chi connectivity index (χ0v) is 13.2. The molecule has 8 nitrogen and oxygen atoms in total. The van der Waals surface area contributed by atoms with E-state index in [0.717, 1.165) is 5.06 Å². The van der Waals surface area contributed by atoms with Crippen LogP contribution in [0.25, 0.3) is 10.9 Å². The zero-order chi connectivity index (χ0) is 17.4. The van der Waals surface area contributed by atoms with Crippen molar-refractivity contribution >= 4 is 28.7 Å². The Kier molecular flexibility index (Phi) is 3.98. The van der Waals surface area contributed by atoms with Crippen molar-refractivity contribution in [1.82, 2.24) is 9.63 Å². The van der Waals surface area contributed by atoms with Crippen LogP contribution in [0.1, 0.15) is 40.4 Å². The Balaban J connectivity index is 2.12. The van der Waals surface area contributed by atoms with Crippen molar-refractivity contribution in [2.24, 2.45) is 0 Å². The molecule has 0 aliphatic carbocycles. The van der Waals surface area contributed by atoms with Crippen LogP contribution in [0.5, 0.6) is 0 Å². The average molecular weight is 332 g/mol. The number of carboxylic acids is 1. The third-order valence-electron chi connectivity index (χ3n) is 3.93. The first-order valence-electron chi connectivity index (χ1n) is 7.39. The summed E-state index contributed by atoms with van der Waals surface area (Å²) < 4.78 is 6.57. The highest BCUT2D eigenvalue weighted by Gasteiger charge is 2.40. The number of aromatic carboxylic acids is 1. The standard InChI is InChI=1S/C16H16N2O6/c1-3-24-14(19)8-13-17-11-7-10(16(21)22)5-4-9(11)6-12(17)15(20)18(13)23-2/h4-7,13H,3,8H2,1-2H3,(H,21,22). The first kappa shape index (κ1) is 16.0. The summed E-state index contributed by atoms with van der Waals surface area (Å²) in [4.78, 5) is 40.7. The monoisotopic (exact) mass is 332 g/mol. The minimum atomic E-state index is -1.07. The van der Waals surface area contributed by atoms with Crippen molar-refractivity contribution in [1.29, 1.82) is 0 Å². The van der Waals surface area contributed by atoms with Crippen LogP contribution >= 0.6 is 0 Å². The maximum atomic E-state index is 12.5. The summed E-state index contributed by atoms with van der Waals surface area (Å²) in [5.41, 5.74) is 0.984. The largest absolute Gasteiger partial charge is 0.478 e. The highest BCUT2D eigenvalue weighted by atomic mass is 16.7. The predicted octanol–water partition coefficient (Wildman–Crippen LogP) is 1.81. The van der Waals surface area contributed by atoms with Crippen LogP contribution < -0.4 is 0 Å². The molecule has 1 aliphatic heterocycles. The van der Waals surface area contributed by atoms with Crippen LogP contribution in [-0.4, -0.2) is 46.3 Å². The van der Waals surface area contributed by atoms with Crippen LogP contribution in [-0.2, 0) is 14.4 Å². The second kappa shape index (κ2) is 5.97. The van der Waals surface area contributed by atoms with Crippen LogP contribution in [0, 0.1) is 0 Å². The molecule has 0 fully saturated rings. The number of hydrogen-bond acceptors (Lipinski definition) is 5. The van der Waals surface area contributed by atoms with Gasteiger partial charge < -0.3 is 14.4 Å². The fraction of sp³-hybridized carbons (Fsp3) is 0.312. The first-order chi connectivity index (χ1) is 11.5. The lowest BCUT2D eigenvalue weighted by Gasteiger charge is -2.23. The lowest BCUT2D eigenvalue weighted by Crippen LogP contribution is -2.30. The topological polar surface area (TPSA) is 98.1 Å². The van der Waals surface area contributed by atoms with Gasteiger partial charge in [-0.25, -0.2) is 4.79 Å². The number of benzene rings is 1. The number of carbonyl (C=O) groups excluding carboxylic acids is 2. The molecule has 1 aliphatic rings. The Labute approximate surface area is 137 Å². The number of hydrogen-bond donors (Lipinski definition) is 1. The number of hydroxylamine groups is 2. The molecule has 1 aromatic carbocycles. The summed E-state index contributed by atoms with van der Waals surface area (Å²) >= 11 is 0. The molecular formula is C16H16N2O6. The Morgan fingerprint density at radius 1 is 1.29 bits per heavy atom. The van der Waals surface area contributed by atoms with E-state index >= 15 is 0 Å². The molecule has 3 rings (SSSR count). The average Bonchev–Trinajstić information content (AvgIpc) is 3.03. The Hall–Kier alpha value is -2.87. The van der Waals surface area contributed by atoms with Gasteiger partial charge in [0.25, 0.3) is 5.91 Å². The van der Waals surface area contributed by atoms with Gasteiger partial charge in [0.1, 0.15) is 11.9 Å². The van der Waals surface area contributed by atoms with Crippen molar-refractivity contribution in [3.63, 3.8) is 0 Å². The molecule has 1 unspecified atom stereocenters. The van der Waals surface area contributed by atoms with Crippen molar-refractivity contribution in [2.45, 2.75) is 19.5 Å². The van der Waals surface area contributed by atoms with Crippen LogP contribution in [0.15, 0.2) is 24.3 Å². The second-order valence-corrected chi connectivity index (χ2v) is 5.28. The Morgan fingerprint density at radius 2 is 2.04 bits per heavy atom. The summed E-state index contributed by atoms with van der Waals surface area (Å²) in [6.07, 6.45) is -0.820. The highest BCUT2D eigenvalue weighted by Crippen LogP contribution is 2.36. The third-order valence-corrected chi connectivity index (χ3v) is 3.93. The van der Waals surface area contributed by atoms with Gasteiger partial charge >= 0.3 is 11.9 Å². The van der Waals surface area contributed by atoms with Crippen molar-refractivity contribution in [2.75, 3.05) is 13.7 Å². The summed E-state index contributed by atoms with van der Waals surface area (Å²) in [5.74, 6) is -1.93. The van der Waals surface area contributed by atoms with E-state index in [9.17, 15) is 19.5 Å². The number of fused-ring (bicyclic) bond motifs is 3. The molecule has 0 saturated carbocycles. The Bertz CT molecular complexity index is 840. The predicted molar refractivity (Wildman–Crippen MR) is 82.4 cm³/mol. The van der Waals surface area contributed by atoms with Gasteiger partial charge in [0.05, 0.1) is 31.2 Å². The van der Waals surface area contributed by atoms with Gasteiger partial charge in [-0.2, -0.15) is 5.06 Å². The van der Waals surface area contributed by atoms with Crippen LogP contribution in [0.4, 0.5) is 0 Å². The maximum absolute atomic E-state index is 12.5. The molecular weight excluding hydrogens is 316 g/mol. The van der Waals surface area contributed by atoms with Gasteiger partial charge in [0, 0.05) is 5.39 Å². The number of aromatic nitrogens is 1. The van der Waals surface area contributed by atoms with Gasteiger partial charge in [-0.05, 0) is 25.1 Å². The van der Waals surface area contributed by atoms with Crippen LogP contribution in [0.3, 0.4) is 0 Å². The summed E-state index contributed by atoms with van der Waals surface area (Å²) in [5, 5.41) is 11.0. The first-order valence-corrected chi connectivity index (χ1v) is 7.39. The SMILES string of the molecule is CCOC(=O)CC1N(OC)C(=O)c2cc3ccc(C(=O)O)cc3n21. The molecule has 1 amide bonds. The maximum Gasteiger partial charge on any atom is 0.335 e. The van der Waals surface area contributed by atoms with E-state index in [2.05, 4.69) is 0 Å². The molecule has 0 saturated heterocycles. The number of rotatable bonds is 5. The van der Waals surface area contributed by atoms with Crippen LogP contribution in [0.2, 0.25) is 0 Å². The van der Waals surface area contributed by atoms with Gasteiger partial charge in [0.2, 0.25) is 0 Å². The quantitative estimate of drug-likeness (QED) is 0.839. The van der Waals surface area contributed by atoms with Gasteiger partial charge in [-0.3, -0.25) is 14.4 Å². The fourth-order valence-electron chi connectivity index (χ4n) is 2.94. The molecule has 8 heteroatoms. The van der Waals surface area contributed by atoms with Crippen molar-refractivity contribution in [3.8, 4) is 0 Å². The van der Waals surface area contributed by atoms with Gasteiger partial charge in [0.15, 0.2) is 0 Å². The van der Waals surface area contributed by atoms with E-state index in [1.54, 1.807) is 23.6 Å². The summed E-state index contributed by atoms with van der Waals surface area (Å²) in [6, 6.07) is 6.24. The highest BCUT2D eigenvalue weighted by molar-refractivity contribution is 6.02. The molecule has 0 radical (unpaired) electrons. The van der Waals surface area contributed by atoms with E-state index in [4.69, 9.17) is 9.57 Å². The number of carboxylic acid groups (broad SMARTS) is 1. The second-order valence-electron chi connectivity index (χ2n) is 5.28. The molecule has 2 heterocycles. The van der Waals surface area contributed by atoms with E-state index < -0.39 is 18.1 Å². The number of amides is 1. The summed E-state index contributed by atoms with van der Waals surface area (Å²) in [7, 11) is 1.34. The van der Waals surface area contributed by atoms with E-state index in [0.29, 0.717) is 16.6 Å². The van der Waals surface area contributed by atoms with Crippen molar-refractivity contribution < 1.29 is 29.1 Å². The molecule has 1 N–H and O–H groups in total. The molecule has 1 aromatic heterocycles. The fourth-order valence-corrected chi connectivity index (χ4v) is 2.94. The van der Waals surface area contributed by atoms with E-state index in [1.807, 2.05) is 0 Å². The smallest absolute Gasteiger partial charge is 0.335 e. The van der Waals surface area contributed by atoms with Crippen molar-refractivity contribution in [3.05, 3.63) is 35.5 Å². The molecule has 0 spiro atoms. The normalized spacial score (nSPS) is 16.5. The number of carbonyl (C=O) groups is 3. The number of nitrogens with zero attached hydrogens (tertiary/aromatic N) is 2. The van der Waals surface area contributed by atoms with Gasteiger partial charge in [-0.15, -0.1) is 0 Å². The lowest BCUT2D eigenvalue weighted by atomic mass is 10.1. The number of esters is 1. The molecule has 24 heavy (non-hydrogen) atoms. The lowest BCUT2D eigenvalue weighted by molar-refractivity contribution is -0.157. The zero-order valence-electron chi connectivity index (χ0n) is 13.2. The number of ether oxygens (including phenoxy) is 1. The third kappa shape index (κ3) is 2.41. The molecule has 0 bridgehead atoms. The van der Waals surface area contributed by atoms with Gasteiger partial charge in [-0.1, -0.05) is 6.07 Å². The summed E-state index contributed by atoms with van der Waals surface area (Å²) in [6.45, 7) is 1.93. The Morgan fingerprint density at radius 3 is 2.67 bits per heavy atom. The minimum Gasteiger partial charge on any atom is -0.478 e.